The summed E-state index contributed by atoms with van der Waals surface area (Å²) in [7, 11) is 2.68. The maximum atomic E-state index is 13.4. The Morgan fingerprint density at radius 3 is 2.71 bits per heavy atom. The van der Waals surface area contributed by atoms with E-state index < -0.39 is 29.0 Å². The molecule has 1 fully saturated rings. The third-order valence-corrected chi connectivity index (χ3v) is 8.70. The monoisotopic (exact) mass is 618 g/mol. The van der Waals surface area contributed by atoms with Crippen LogP contribution in [0.1, 0.15) is 29.6 Å². The van der Waals surface area contributed by atoms with Crippen LogP contribution in [0.15, 0.2) is 46.1 Å². The number of aryl methyl sites for hydroxylation is 1. The highest BCUT2D eigenvalue weighted by atomic mass is 35.5. The summed E-state index contributed by atoms with van der Waals surface area (Å²) in [4.78, 5) is 61.3. The Kier molecular flexibility index (Phi) is 10.5. The lowest BCUT2D eigenvalue weighted by Crippen LogP contribution is -2.62. The van der Waals surface area contributed by atoms with E-state index in [1.165, 1.54) is 28.0 Å². The predicted molar refractivity (Wildman–Crippen MR) is 154 cm³/mol. The second-order valence-electron chi connectivity index (χ2n) is 9.02. The first-order chi connectivity index (χ1) is 19.8. The third-order valence-electron chi connectivity index (χ3n) is 6.21. The molecule has 1 amide bonds. The maximum absolute atomic E-state index is 13.4. The van der Waals surface area contributed by atoms with E-state index in [1.807, 2.05) is 0 Å². The Morgan fingerprint density at radius 1 is 1.32 bits per heavy atom. The fourth-order valence-electron chi connectivity index (χ4n) is 4.16. The molecule has 15 heteroatoms. The Morgan fingerprint density at radius 2 is 2.07 bits per heavy atom. The number of amides is 1. The number of Topliss-reactive ketones (excluding diaryl/α,β-unsaturated/α-hetero) is 1. The van der Waals surface area contributed by atoms with Crippen LogP contribution in [0.3, 0.4) is 0 Å². The zero-order valence-electron chi connectivity index (χ0n) is 22.4. The van der Waals surface area contributed by atoms with Crippen LogP contribution >= 0.6 is 34.7 Å². The molecule has 4 rings (SSSR count). The Bertz CT molecular complexity index is 1370. The van der Waals surface area contributed by atoms with Gasteiger partial charge in [-0.05, 0) is 37.1 Å². The number of esters is 1. The van der Waals surface area contributed by atoms with Crippen molar-refractivity contribution in [2.45, 2.75) is 38.3 Å². The lowest BCUT2D eigenvalue weighted by atomic mass is 9.89. The van der Waals surface area contributed by atoms with Gasteiger partial charge in [0.15, 0.2) is 11.5 Å². The van der Waals surface area contributed by atoms with Crippen LogP contribution in [0, 0.1) is 12.8 Å². The minimum atomic E-state index is -0.733. The fraction of sp³-hybridized carbons (Fsp3) is 0.385. The number of aromatic nitrogens is 1. The van der Waals surface area contributed by atoms with Crippen molar-refractivity contribution < 1.29 is 38.1 Å². The normalized spacial score (nSPS) is 19.1. The lowest BCUT2D eigenvalue weighted by Gasteiger charge is -2.49. The van der Waals surface area contributed by atoms with Gasteiger partial charge < -0.3 is 19.0 Å². The Labute approximate surface area is 250 Å². The number of hydrogen-bond donors (Lipinski definition) is 0. The number of carbonyl (C=O) groups excluding carboxylic acids is 4. The van der Waals surface area contributed by atoms with E-state index in [1.54, 1.807) is 50.6 Å². The van der Waals surface area contributed by atoms with Gasteiger partial charge in [-0.1, -0.05) is 17.3 Å². The molecular weight excluding hydrogens is 593 g/mol. The number of alkyl halides is 1. The number of carbonyl (C=O) groups is 4. The van der Waals surface area contributed by atoms with Crippen LogP contribution in [-0.2, 0) is 40.0 Å². The van der Waals surface area contributed by atoms with Gasteiger partial charge in [-0.15, -0.1) is 34.7 Å². The van der Waals surface area contributed by atoms with Crippen LogP contribution in [0.4, 0.5) is 0 Å². The van der Waals surface area contributed by atoms with Crippen LogP contribution in [0.25, 0.3) is 0 Å². The number of ketones is 1. The molecule has 0 aliphatic carbocycles. The van der Waals surface area contributed by atoms with E-state index in [0.29, 0.717) is 22.8 Å². The minimum absolute atomic E-state index is 0.00424. The second-order valence-corrected chi connectivity index (χ2v) is 11.5. The summed E-state index contributed by atoms with van der Waals surface area (Å²) in [5.74, 6) is -1.04. The number of oxime groups is 1. The molecule has 0 saturated carbocycles. The van der Waals surface area contributed by atoms with Gasteiger partial charge >= 0.3 is 13.5 Å². The number of halogens is 1. The second kappa shape index (κ2) is 14.0. The molecule has 1 aromatic carbocycles. The van der Waals surface area contributed by atoms with Crippen molar-refractivity contribution in [1.29, 1.82) is 0 Å². The number of ether oxygens (including phenoxy) is 2. The highest BCUT2D eigenvalue weighted by Gasteiger charge is 2.54. The van der Waals surface area contributed by atoms with Crippen molar-refractivity contribution in [1.82, 2.24) is 9.88 Å². The number of fused-ring (bicyclic) bond motifs is 1. The molecule has 11 nitrogen and oxygen atoms in total. The predicted octanol–water partition coefficient (Wildman–Crippen LogP) is 3.05. The minimum Gasteiger partial charge on any atom is -0.536 e. The average Bonchev–Trinajstić information content (AvgIpc) is 3.42. The summed E-state index contributed by atoms with van der Waals surface area (Å²) in [5.41, 5.74) is 1.72. The fourth-order valence-corrected chi connectivity index (χ4v) is 6.51. The molecule has 0 bridgehead atoms. The molecule has 2 aromatic rings. The number of benzene rings is 1. The number of thiazole rings is 1. The van der Waals surface area contributed by atoms with Crippen LogP contribution in [0.2, 0.25) is 0 Å². The van der Waals surface area contributed by atoms with E-state index in [4.69, 9.17) is 25.9 Å². The molecule has 215 valence electrons. The summed E-state index contributed by atoms with van der Waals surface area (Å²) in [6.45, 7) is 3.60. The topological polar surface area (TPSA) is 134 Å². The molecule has 41 heavy (non-hydrogen) atoms. The zero-order valence-corrected chi connectivity index (χ0v) is 24.8. The van der Waals surface area contributed by atoms with Crippen LogP contribution in [0.5, 0.6) is 5.75 Å². The number of β-lactam (4-membered cyclic amide) rings is 1. The highest BCUT2D eigenvalue weighted by molar-refractivity contribution is 8.00. The largest absolute Gasteiger partial charge is 0.536 e. The summed E-state index contributed by atoms with van der Waals surface area (Å²) < 4.78 is 15.2. The van der Waals surface area contributed by atoms with Gasteiger partial charge in [-0.3, -0.25) is 19.3 Å². The quantitative estimate of drug-likeness (QED) is 0.0592. The van der Waals surface area contributed by atoms with Crippen molar-refractivity contribution >= 4 is 72.0 Å². The summed E-state index contributed by atoms with van der Waals surface area (Å²) >= 11 is 8.89. The molecule has 0 N–H and O–H groups in total. The average molecular weight is 619 g/mol. The first-order valence-corrected chi connectivity index (χ1v) is 14.9. The smallest absolute Gasteiger partial charge is 0.420 e. The van der Waals surface area contributed by atoms with Gasteiger partial charge in [0.25, 0.3) is 6.47 Å². The molecule has 1 saturated heterocycles. The first-order valence-electron chi connectivity index (χ1n) is 12.4. The summed E-state index contributed by atoms with van der Waals surface area (Å²) in [6.07, 6.45) is -0.168. The molecule has 3 atom stereocenters. The Hall–Kier alpha value is -3.36. The highest BCUT2D eigenvalue weighted by Crippen LogP contribution is 2.45. The standard InChI is InChI=1S/C26H26BClN3O8S2/c1-14(27-38-13-32)39-30-22(20-12-40-15(2)29-20)21(33)8-19-24(34)31-23(17(9-28)11-41-25(19)31)26(35)37-10-16-4-6-18(36-3)7-5-16/h4-7,12-14,19,25H,8-11H2,1-3H3/b30-22-/t14-,19-,25-/m1/s1. The third kappa shape index (κ3) is 7.11. The first kappa shape index (κ1) is 30.6. The van der Waals surface area contributed by atoms with Crippen molar-refractivity contribution in [2.24, 2.45) is 11.1 Å². The van der Waals surface area contributed by atoms with Gasteiger partial charge in [-0.2, -0.15) is 0 Å². The summed E-state index contributed by atoms with van der Waals surface area (Å²) in [6, 6.07) is 6.34. The van der Waals surface area contributed by atoms with E-state index >= 15 is 0 Å². The molecule has 0 spiro atoms. The lowest BCUT2D eigenvalue weighted by molar-refractivity contribution is -0.156. The molecule has 0 unspecified atom stereocenters. The number of nitrogens with zero attached hydrogens (tertiary/aromatic N) is 3. The Balaban J connectivity index is 1.46. The summed E-state index contributed by atoms with van der Waals surface area (Å²) in [5, 5.41) is 5.91. The molecule has 2 aliphatic heterocycles. The van der Waals surface area contributed by atoms with Crippen LogP contribution in [-0.4, -0.2) is 77.3 Å². The van der Waals surface area contributed by atoms with Gasteiger partial charge in [-0.25, -0.2) is 9.78 Å². The van der Waals surface area contributed by atoms with Gasteiger partial charge in [0.1, 0.15) is 29.8 Å². The van der Waals surface area contributed by atoms with Crippen molar-refractivity contribution in [3.63, 3.8) is 0 Å². The van der Waals surface area contributed by atoms with E-state index in [-0.39, 0.29) is 42.7 Å². The number of thioether (sulfide) groups is 1. The van der Waals surface area contributed by atoms with E-state index in [0.717, 1.165) is 18.1 Å². The zero-order chi connectivity index (χ0) is 29.5. The number of methoxy groups -OCH3 is 1. The number of hydrogen-bond acceptors (Lipinski definition) is 12. The molecule has 2 aliphatic rings. The van der Waals surface area contributed by atoms with E-state index in [2.05, 4.69) is 14.8 Å². The molecule has 1 radical (unpaired) electrons. The van der Waals surface area contributed by atoms with Gasteiger partial charge in [0, 0.05) is 23.4 Å². The molecule has 3 heterocycles. The molecule has 1 aromatic heterocycles. The molecular formula is C26H26BClN3O8S2. The van der Waals surface area contributed by atoms with Gasteiger partial charge in [0.2, 0.25) is 5.91 Å². The van der Waals surface area contributed by atoms with Crippen molar-refractivity contribution in [3.05, 3.63) is 57.2 Å². The van der Waals surface area contributed by atoms with Crippen molar-refractivity contribution in [3.8, 4) is 5.75 Å². The van der Waals surface area contributed by atoms with Crippen LogP contribution < -0.4 is 4.74 Å². The van der Waals surface area contributed by atoms with Gasteiger partial charge in [0.05, 0.1) is 23.4 Å². The number of rotatable bonds is 14. The maximum Gasteiger partial charge on any atom is 0.420 e. The van der Waals surface area contributed by atoms with Crippen molar-refractivity contribution in [2.75, 3.05) is 18.7 Å². The SMILES string of the molecule is COc1ccc(COC(=O)C2=C(CCl)CS[C@@H]3[C@H](CC(=O)/C(=N\O[C@H](C)[B]OC=O)c4csc(C)n4)C(=O)N23)cc1. The van der Waals surface area contributed by atoms with E-state index in [9.17, 15) is 19.2 Å².